The third kappa shape index (κ3) is 4.92. The van der Waals surface area contributed by atoms with Crippen molar-refractivity contribution in [3.05, 3.63) is 59.7 Å². The molecule has 2 amide bonds. The van der Waals surface area contributed by atoms with Crippen LogP contribution in [-0.2, 0) is 9.59 Å². The van der Waals surface area contributed by atoms with Gasteiger partial charge in [-0.25, -0.2) is 0 Å². The van der Waals surface area contributed by atoms with E-state index in [4.69, 9.17) is 0 Å². The molecule has 0 spiro atoms. The zero-order valence-electron chi connectivity index (χ0n) is 16.1. The van der Waals surface area contributed by atoms with Crippen molar-refractivity contribution in [2.75, 3.05) is 30.9 Å². The largest absolute Gasteiger partial charge is 0.325 e. The monoisotopic (exact) mass is 353 g/mol. The lowest BCUT2D eigenvalue weighted by atomic mass is 10.1. The summed E-state index contributed by atoms with van der Waals surface area (Å²) < 4.78 is 0. The Hall–Kier alpha value is -2.66. The zero-order chi connectivity index (χ0) is 19.3. The Morgan fingerprint density at radius 1 is 1.04 bits per heavy atom. The first-order valence-electron chi connectivity index (χ1n) is 8.69. The maximum atomic E-state index is 12.7. The van der Waals surface area contributed by atoms with E-state index in [1.807, 2.05) is 69.3 Å². The minimum Gasteiger partial charge on any atom is -0.325 e. The maximum absolute atomic E-state index is 12.7. The van der Waals surface area contributed by atoms with E-state index in [1.54, 1.807) is 23.9 Å². The molecule has 0 saturated heterocycles. The minimum atomic E-state index is -0.412. The molecular weight excluding hydrogens is 326 g/mol. The van der Waals surface area contributed by atoms with Gasteiger partial charge in [0.25, 0.3) is 0 Å². The van der Waals surface area contributed by atoms with Crippen molar-refractivity contribution in [3.8, 4) is 0 Å². The Morgan fingerprint density at radius 3 is 2.35 bits per heavy atom. The first-order chi connectivity index (χ1) is 12.3. The van der Waals surface area contributed by atoms with Gasteiger partial charge in [-0.1, -0.05) is 30.3 Å². The molecule has 2 aromatic carbocycles. The summed E-state index contributed by atoms with van der Waals surface area (Å²) in [6.07, 6.45) is 0. The van der Waals surface area contributed by atoms with Crippen molar-refractivity contribution < 1.29 is 9.59 Å². The number of nitrogens with zero attached hydrogens (tertiary/aromatic N) is 2. The summed E-state index contributed by atoms with van der Waals surface area (Å²) in [7, 11) is 3.53. The normalized spacial score (nSPS) is 11.9. The smallest absolute Gasteiger partial charge is 0.243 e. The fourth-order valence-electron chi connectivity index (χ4n) is 2.67. The number of likely N-dealkylation sites (N-methyl/N-ethyl adjacent to an activating group) is 2. The molecule has 2 rings (SSSR count). The highest BCUT2D eigenvalue weighted by molar-refractivity contribution is 5.97. The summed E-state index contributed by atoms with van der Waals surface area (Å²) in [5.41, 5.74) is 3.74. The van der Waals surface area contributed by atoms with E-state index in [1.165, 1.54) is 0 Å². The molecule has 1 N–H and O–H groups in total. The summed E-state index contributed by atoms with van der Waals surface area (Å²) >= 11 is 0. The molecule has 0 aliphatic heterocycles. The number of hydrogen-bond donors (Lipinski definition) is 1. The van der Waals surface area contributed by atoms with Gasteiger partial charge in [0.05, 0.1) is 12.6 Å². The van der Waals surface area contributed by atoms with E-state index in [9.17, 15) is 9.59 Å². The Labute approximate surface area is 155 Å². The van der Waals surface area contributed by atoms with Gasteiger partial charge in [0.2, 0.25) is 11.8 Å². The van der Waals surface area contributed by atoms with Gasteiger partial charge in [0, 0.05) is 18.4 Å². The number of carbonyl (C=O) groups is 2. The standard InChI is InChI=1S/C21H27N3O2/c1-15-11-12-16(2)19(13-15)22-20(25)14-23(4)17(3)21(26)24(5)18-9-7-6-8-10-18/h6-13,17H,14H2,1-5H3,(H,22,25)/t17-/m1/s1. The van der Waals surface area contributed by atoms with Crippen LogP contribution in [0.3, 0.4) is 0 Å². The van der Waals surface area contributed by atoms with Crippen LogP contribution in [0.1, 0.15) is 18.1 Å². The highest BCUT2D eigenvalue weighted by Gasteiger charge is 2.24. The van der Waals surface area contributed by atoms with Crippen molar-refractivity contribution in [1.29, 1.82) is 0 Å². The van der Waals surface area contributed by atoms with Crippen LogP contribution in [0.4, 0.5) is 11.4 Å². The van der Waals surface area contributed by atoms with Gasteiger partial charge in [-0.05, 0) is 57.1 Å². The van der Waals surface area contributed by atoms with Gasteiger partial charge in [0.15, 0.2) is 0 Å². The molecular formula is C21H27N3O2. The van der Waals surface area contributed by atoms with Crippen molar-refractivity contribution in [2.24, 2.45) is 0 Å². The molecule has 138 valence electrons. The highest BCUT2D eigenvalue weighted by Crippen LogP contribution is 2.17. The zero-order valence-corrected chi connectivity index (χ0v) is 16.1. The molecule has 5 nitrogen and oxygen atoms in total. The van der Waals surface area contributed by atoms with Crippen LogP contribution in [-0.4, -0.2) is 43.4 Å². The Kier molecular flexibility index (Phi) is 6.52. The van der Waals surface area contributed by atoms with Gasteiger partial charge < -0.3 is 10.2 Å². The van der Waals surface area contributed by atoms with E-state index in [2.05, 4.69) is 5.32 Å². The second-order valence-electron chi connectivity index (χ2n) is 6.69. The van der Waals surface area contributed by atoms with Crippen LogP contribution in [0.2, 0.25) is 0 Å². The van der Waals surface area contributed by atoms with Crippen molar-refractivity contribution >= 4 is 23.2 Å². The number of hydrogen-bond acceptors (Lipinski definition) is 3. The number of amides is 2. The van der Waals surface area contributed by atoms with Gasteiger partial charge in [0.1, 0.15) is 0 Å². The van der Waals surface area contributed by atoms with E-state index in [0.717, 1.165) is 22.5 Å². The van der Waals surface area contributed by atoms with Crippen LogP contribution in [0.25, 0.3) is 0 Å². The van der Waals surface area contributed by atoms with Crippen LogP contribution >= 0.6 is 0 Å². The third-order valence-corrected chi connectivity index (χ3v) is 4.55. The Bertz CT molecular complexity index is 774. The molecule has 0 bridgehead atoms. The van der Waals surface area contributed by atoms with E-state index in [0.29, 0.717) is 0 Å². The quantitative estimate of drug-likeness (QED) is 0.867. The van der Waals surface area contributed by atoms with Crippen LogP contribution in [0, 0.1) is 13.8 Å². The molecule has 0 saturated carbocycles. The van der Waals surface area contributed by atoms with Crippen LogP contribution in [0.5, 0.6) is 0 Å². The molecule has 0 aliphatic carbocycles. The Morgan fingerprint density at radius 2 is 1.69 bits per heavy atom. The first kappa shape index (κ1) is 19.7. The fourth-order valence-corrected chi connectivity index (χ4v) is 2.67. The average molecular weight is 353 g/mol. The summed E-state index contributed by atoms with van der Waals surface area (Å²) in [6.45, 7) is 5.90. The number of rotatable bonds is 6. The highest BCUT2D eigenvalue weighted by atomic mass is 16.2. The number of aryl methyl sites for hydroxylation is 2. The third-order valence-electron chi connectivity index (χ3n) is 4.55. The lowest BCUT2D eigenvalue weighted by molar-refractivity contribution is -0.124. The molecule has 0 aromatic heterocycles. The van der Waals surface area contributed by atoms with E-state index in [-0.39, 0.29) is 18.4 Å². The summed E-state index contributed by atoms with van der Waals surface area (Å²) in [5.74, 6) is -0.193. The number of para-hydroxylation sites is 1. The lowest BCUT2D eigenvalue weighted by Gasteiger charge is -2.28. The van der Waals surface area contributed by atoms with E-state index < -0.39 is 6.04 Å². The van der Waals surface area contributed by atoms with Gasteiger partial charge >= 0.3 is 0 Å². The molecule has 0 unspecified atom stereocenters. The van der Waals surface area contributed by atoms with Crippen LogP contribution < -0.4 is 10.2 Å². The molecule has 1 atom stereocenters. The molecule has 0 fully saturated rings. The molecule has 0 radical (unpaired) electrons. The van der Waals surface area contributed by atoms with Gasteiger partial charge in [-0.15, -0.1) is 0 Å². The number of nitrogens with one attached hydrogen (secondary N) is 1. The second-order valence-corrected chi connectivity index (χ2v) is 6.69. The molecule has 0 heterocycles. The first-order valence-corrected chi connectivity index (χ1v) is 8.69. The predicted molar refractivity (Wildman–Crippen MR) is 106 cm³/mol. The fraction of sp³-hybridized carbons (Fsp3) is 0.333. The number of benzene rings is 2. The van der Waals surface area contributed by atoms with Crippen LogP contribution in [0.15, 0.2) is 48.5 Å². The summed E-state index contributed by atoms with van der Waals surface area (Å²) in [6, 6.07) is 15.0. The summed E-state index contributed by atoms with van der Waals surface area (Å²) in [5, 5.41) is 2.93. The number of anilines is 2. The maximum Gasteiger partial charge on any atom is 0.243 e. The molecule has 0 aliphatic rings. The minimum absolute atomic E-state index is 0.0572. The van der Waals surface area contributed by atoms with Crippen molar-refractivity contribution in [2.45, 2.75) is 26.8 Å². The topological polar surface area (TPSA) is 52.7 Å². The SMILES string of the molecule is Cc1ccc(C)c(NC(=O)CN(C)[C@H](C)C(=O)N(C)c2ccccc2)c1. The second kappa shape index (κ2) is 8.63. The van der Waals surface area contributed by atoms with Crippen molar-refractivity contribution in [3.63, 3.8) is 0 Å². The Balaban J connectivity index is 1.97. The van der Waals surface area contributed by atoms with E-state index >= 15 is 0 Å². The number of carbonyl (C=O) groups excluding carboxylic acids is 2. The molecule has 5 heteroatoms. The van der Waals surface area contributed by atoms with Gasteiger partial charge in [-0.2, -0.15) is 0 Å². The molecule has 2 aromatic rings. The predicted octanol–water partition coefficient (Wildman–Crippen LogP) is 3.23. The lowest BCUT2D eigenvalue weighted by Crippen LogP contribution is -2.46. The molecule has 26 heavy (non-hydrogen) atoms. The van der Waals surface area contributed by atoms with Crippen molar-refractivity contribution in [1.82, 2.24) is 4.90 Å². The van der Waals surface area contributed by atoms with Gasteiger partial charge in [-0.3, -0.25) is 14.5 Å². The summed E-state index contributed by atoms with van der Waals surface area (Å²) in [4.78, 5) is 28.4. The average Bonchev–Trinajstić information content (AvgIpc) is 2.63.